The number of nitrogens with zero attached hydrogens (tertiary/aromatic N) is 4. The maximum atomic E-state index is 12.8. The van der Waals surface area contributed by atoms with E-state index < -0.39 is 6.04 Å². The molecule has 2 aromatic rings. The number of rotatable bonds is 5. The van der Waals surface area contributed by atoms with Crippen LogP contribution in [0, 0.1) is 19.8 Å². The van der Waals surface area contributed by atoms with Crippen LogP contribution in [0.4, 0.5) is 11.6 Å². The van der Waals surface area contributed by atoms with Gasteiger partial charge in [-0.25, -0.2) is 14.9 Å². The van der Waals surface area contributed by atoms with Gasteiger partial charge < -0.3 is 10.2 Å². The molecule has 2 amide bonds. The van der Waals surface area contributed by atoms with Crippen molar-refractivity contribution in [2.24, 2.45) is 5.92 Å². The first-order valence-corrected chi connectivity index (χ1v) is 10.7. The van der Waals surface area contributed by atoms with Crippen LogP contribution in [0.5, 0.6) is 0 Å². The van der Waals surface area contributed by atoms with Crippen LogP contribution in [0.1, 0.15) is 30.7 Å². The molecular formula is C22H26ClN5O2. The van der Waals surface area contributed by atoms with Gasteiger partial charge in [0.2, 0.25) is 11.9 Å². The van der Waals surface area contributed by atoms with Crippen LogP contribution in [0.15, 0.2) is 30.3 Å². The molecule has 4 rings (SSSR count). The predicted molar refractivity (Wildman–Crippen MR) is 117 cm³/mol. The molecule has 0 radical (unpaired) electrons. The topological polar surface area (TPSA) is 78.4 Å². The second-order valence-electron chi connectivity index (χ2n) is 8.09. The molecule has 2 aliphatic heterocycles. The molecule has 8 heteroatoms. The summed E-state index contributed by atoms with van der Waals surface area (Å²) in [5, 5.41) is 3.90. The van der Waals surface area contributed by atoms with Crippen molar-refractivity contribution in [1.82, 2.24) is 15.3 Å². The van der Waals surface area contributed by atoms with Crippen molar-refractivity contribution in [3.05, 3.63) is 46.7 Å². The first-order chi connectivity index (χ1) is 14.4. The van der Waals surface area contributed by atoms with Gasteiger partial charge in [0.1, 0.15) is 0 Å². The van der Waals surface area contributed by atoms with E-state index in [4.69, 9.17) is 11.6 Å². The standard InChI is InChI=1S/C22H26ClN5O2/c1-14-11-15(2)26-22(25-14)27-9-7-16(8-10-27)13-24-19-12-20(29)28(21(19)30)18-5-3-17(23)4-6-18/h3-6,11,16,19,24H,7-10,12-13H2,1-2H3. The fourth-order valence-electron chi connectivity index (χ4n) is 4.15. The van der Waals surface area contributed by atoms with Crippen LogP contribution in [-0.4, -0.2) is 47.5 Å². The Balaban J connectivity index is 1.30. The molecule has 1 atom stereocenters. The van der Waals surface area contributed by atoms with Crippen molar-refractivity contribution in [3.8, 4) is 0 Å². The Bertz CT molecular complexity index is 921. The summed E-state index contributed by atoms with van der Waals surface area (Å²) in [5.41, 5.74) is 2.53. The van der Waals surface area contributed by atoms with E-state index in [1.807, 2.05) is 19.9 Å². The third kappa shape index (κ3) is 4.47. The van der Waals surface area contributed by atoms with Gasteiger partial charge in [0.15, 0.2) is 0 Å². The number of hydrogen-bond donors (Lipinski definition) is 1. The number of amides is 2. The zero-order chi connectivity index (χ0) is 21.3. The van der Waals surface area contributed by atoms with Crippen LogP contribution in [-0.2, 0) is 9.59 Å². The number of benzene rings is 1. The van der Waals surface area contributed by atoms with Gasteiger partial charge in [-0.15, -0.1) is 0 Å². The molecule has 1 unspecified atom stereocenters. The lowest BCUT2D eigenvalue weighted by Crippen LogP contribution is -2.43. The van der Waals surface area contributed by atoms with Crippen LogP contribution >= 0.6 is 11.6 Å². The van der Waals surface area contributed by atoms with Gasteiger partial charge in [-0.3, -0.25) is 9.59 Å². The van der Waals surface area contributed by atoms with Crippen molar-refractivity contribution < 1.29 is 9.59 Å². The van der Waals surface area contributed by atoms with E-state index in [0.717, 1.165) is 49.8 Å². The molecule has 0 saturated carbocycles. The van der Waals surface area contributed by atoms with Crippen LogP contribution < -0.4 is 15.1 Å². The normalized spacial score (nSPS) is 20.3. The second kappa shape index (κ2) is 8.70. The summed E-state index contributed by atoms with van der Waals surface area (Å²) in [5.74, 6) is 0.888. The monoisotopic (exact) mass is 427 g/mol. The Morgan fingerprint density at radius 1 is 1.07 bits per heavy atom. The van der Waals surface area contributed by atoms with Gasteiger partial charge in [-0.05, 0) is 69.5 Å². The molecule has 0 aliphatic carbocycles. The molecule has 1 aromatic heterocycles. The van der Waals surface area contributed by atoms with Crippen LogP contribution in [0.2, 0.25) is 5.02 Å². The zero-order valence-corrected chi connectivity index (χ0v) is 18.0. The van der Waals surface area contributed by atoms with E-state index in [1.165, 1.54) is 4.90 Å². The molecule has 1 aromatic carbocycles. The zero-order valence-electron chi connectivity index (χ0n) is 17.3. The number of anilines is 2. The number of hydrogen-bond acceptors (Lipinski definition) is 6. The highest BCUT2D eigenvalue weighted by molar-refractivity contribution is 6.30. The van der Waals surface area contributed by atoms with E-state index in [0.29, 0.717) is 16.6 Å². The van der Waals surface area contributed by atoms with Gasteiger partial charge >= 0.3 is 0 Å². The Labute approximate surface area is 181 Å². The second-order valence-corrected chi connectivity index (χ2v) is 8.53. The maximum Gasteiger partial charge on any atom is 0.251 e. The Morgan fingerprint density at radius 2 is 1.70 bits per heavy atom. The molecule has 7 nitrogen and oxygen atoms in total. The summed E-state index contributed by atoms with van der Waals surface area (Å²) in [4.78, 5) is 37.8. The summed E-state index contributed by atoms with van der Waals surface area (Å²) in [6, 6.07) is 8.29. The smallest absolute Gasteiger partial charge is 0.251 e. The largest absolute Gasteiger partial charge is 0.341 e. The highest BCUT2D eigenvalue weighted by atomic mass is 35.5. The van der Waals surface area contributed by atoms with Crippen molar-refractivity contribution >= 4 is 35.1 Å². The summed E-state index contributed by atoms with van der Waals surface area (Å²) >= 11 is 5.91. The molecule has 2 saturated heterocycles. The first-order valence-electron chi connectivity index (χ1n) is 10.3. The lowest BCUT2D eigenvalue weighted by Gasteiger charge is -2.32. The first kappa shape index (κ1) is 20.8. The lowest BCUT2D eigenvalue weighted by molar-refractivity contribution is -0.121. The van der Waals surface area contributed by atoms with Gasteiger partial charge in [0, 0.05) is 29.5 Å². The lowest BCUT2D eigenvalue weighted by atomic mass is 9.96. The third-order valence-corrected chi connectivity index (χ3v) is 6.00. The average Bonchev–Trinajstić information content (AvgIpc) is 3.00. The molecule has 2 fully saturated rings. The van der Waals surface area contributed by atoms with E-state index in [9.17, 15) is 9.59 Å². The molecular weight excluding hydrogens is 402 g/mol. The minimum atomic E-state index is -0.464. The summed E-state index contributed by atoms with van der Waals surface area (Å²) in [6.07, 6.45) is 2.19. The highest BCUT2D eigenvalue weighted by Crippen LogP contribution is 2.25. The number of aromatic nitrogens is 2. The van der Waals surface area contributed by atoms with Crippen molar-refractivity contribution in [2.75, 3.05) is 29.4 Å². The Morgan fingerprint density at radius 3 is 2.33 bits per heavy atom. The quantitative estimate of drug-likeness (QED) is 0.739. The van der Waals surface area contributed by atoms with Crippen molar-refractivity contribution in [2.45, 2.75) is 39.2 Å². The van der Waals surface area contributed by atoms with Gasteiger partial charge in [0.05, 0.1) is 18.2 Å². The fraction of sp³-hybridized carbons (Fsp3) is 0.455. The number of carbonyl (C=O) groups excluding carboxylic acids is 2. The van der Waals surface area contributed by atoms with Crippen LogP contribution in [0.3, 0.4) is 0 Å². The SMILES string of the molecule is Cc1cc(C)nc(N2CCC(CNC3CC(=O)N(c4ccc(Cl)cc4)C3=O)CC2)n1. The molecule has 30 heavy (non-hydrogen) atoms. The fourth-order valence-corrected chi connectivity index (χ4v) is 4.27. The number of nitrogens with one attached hydrogen (secondary N) is 1. The van der Waals surface area contributed by atoms with Crippen LogP contribution in [0.25, 0.3) is 0 Å². The molecule has 0 spiro atoms. The molecule has 0 bridgehead atoms. The van der Waals surface area contributed by atoms with E-state index in [1.54, 1.807) is 24.3 Å². The summed E-state index contributed by atoms with van der Waals surface area (Å²) < 4.78 is 0. The molecule has 158 valence electrons. The number of imide groups is 1. The van der Waals surface area contributed by atoms with Crippen molar-refractivity contribution in [3.63, 3.8) is 0 Å². The number of aryl methyl sites for hydroxylation is 2. The Hall–Kier alpha value is -2.51. The van der Waals surface area contributed by atoms with E-state index >= 15 is 0 Å². The molecule has 3 heterocycles. The Kier molecular flexibility index (Phi) is 6.01. The van der Waals surface area contributed by atoms with E-state index in [-0.39, 0.29) is 18.2 Å². The highest BCUT2D eigenvalue weighted by Gasteiger charge is 2.39. The van der Waals surface area contributed by atoms with Gasteiger partial charge in [-0.2, -0.15) is 0 Å². The van der Waals surface area contributed by atoms with Gasteiger partial charge in [-0.1, -0.05) is 11.6 Å². The van der Waals surface area contributed by atoms with Crippen molar-refractivity contribution in [1.29, 1.82) is 0 Å². The minimum absolute atomic E-state index is 0.179. The predicted octanol–water partition coefficient (Wildman–Crippen LogP) is 2.88. The third-order valence-electron chi connectivity index (χ3n) is 5.75. The number of halogens is 1. The average molecular weight is 428 g/mol. The summed E-state index contributed by atoms with van der Waals surface area (Å²) in [6.45, 7) is 6.48. The number of carbonyl (C=O) groups is 2. The summed E-state index contributed by atoms with van der Waals surface area (Å²) in [7, 11) is 0. The minimum Gasteiger partial charge on any atom is -0.341 e. The van der Waals surface area contributed by atoms with E-state index in [2.05, 4.69) is 20.2 Å². The van der Waals surface area contributed by atoms with Gasteiger partial charge in [0.25, 0.3) is 5.91 Å². The number of piperidine rings is 1. The molecule has 1 N–H and O–H groups in total. The maximum absolute atomic E-state index is 12.8. The molecule has 2 aliphatic rings.